The number of Topliss-reactive ketones (excluding diaryl/α,β-unsaturated/α-hetero) is 1. The van der Waals surface area contributed by atoms with Crippen molar-refractivity contribution in [2.75, 3.05) is 19.3 Å². The number of aliphatic hydroxyl groups is 1. The van der Waals surface area contributed by atoms with Crippen LogP contribution in [0.15, 0.2) is 41.7 Å². The number of benzene rings is 1. The Labute approximate surface area is 173 Å². The minimum absolute atomic E-state index is 0.0477. The lowest BCUT2D eigenvalue weighted by Crippen LogP contribution is -2.33. The Balaban J connectivity index is 2.03. The van der Waals surface area contributed by atoms with Gasteiger partial charge in [0.15, 0.2) is 17.3 Å². The maximum atomic E-state index is 12.4. The van der Waals surface area contributed by atoms with E-state index in [0.717, 1.165) is 0 Å². The number of aromatic hydroxyl groups is 2. The summed E-state index contributed by atoms with van der Waals surface area (Å²) in [4.78, 5) is 24.4. The van der Waals surface area contributed by atoms with Gasteiger partial charge in [0.05, 0.1) is 19.3 Å². The van der Waals surface area contributed by atoms with Gasteiger partial charge in [0.25, 0.3) is 0 Å². The van der Waals surface area contributed by atoms with E-state index in [0.29, 0.717) is 17.6 Å². The van der Waals surface area contributed by atoms with E-state index >= 15 is 0 Å². The number of allylic oxidation sites excluding steroid dienone is 1. The SMILES string of the molecule is C/C=C1\[C@H](OCCl)OC=C(C(=O)CO)[C@H]1CC(=O)OCCc1ccc(O)c(O)c1. The number of phenols is 2. The van der Waals surface area contributed by atoms with Crippen molar-refractivity contribution in [2.24, 2.45) is 5.92 Å². The highest BCUT2D eigenvalue weighted by atomic mass is 35.5. The van der Waals surface area contributed by atoms with Crippen molar-refractivity contribution in [3.8, 4) is 11.5 Å². The minimum atomic E-state index is -0.842. The van der Waals surface area contributed by atoms with E-state index in [-0.39, 0.29) is 36.2 Å². The fourth-order valence-corrected chi connectivity index (χ4v) is 3.10. The summed E-state index contributed by atoms with van der Waals surface area (Å²) < 4.78 is 15.9. The highest BCUT2D eigenvalue weighted by molar-refractivity contribution is 6.17. The Morgan fingerprint density at radius 2 is 2.03 bits per heavy atom. The summed E-state index contributed by atoms with van der Waals surface area (Å²) in [7, 11) is 0. The molecule has 29 heavy (non-hydrogen) atoms. The molecule has 0 aromatic heterocycles. The molecule has 1 aliphatic heterocycles. The Bertz CT molecular complexity index is 802. The maximum absolute atomic E-state index is 12.4. The first-order valence-corrected chi connectivity index (χ1v) is 9.44. The average molecular weight is 427 g/mol. The van der Waals surface area contributed by atoms with Crippen molar-refractivity contribution in [1.82, 2.24) is 0 Å². The first kappa shape index (κ1) is 22.7. The van der Waals surface area contributed by atoms with Gasteiger partial charge in [0.1, 0.15) is 12.7 Å². The molecule has 0 unspecified atom stereocenters. The summed E-state index contributed by atoms with van der Waals surface area (Å²) >= 11 is 5.60. The van der Waals surface area contributed by atoms with Gasteiger partial charge >= 0.3 is 5.97 Å². The van der Waals surface area contributed by atoms with E-state index in [4.69, 9.17) is 25.8 Å². The molecule has 0 radical (unpaired) electrons. The molecule has 1 aromatic rings. The van der Waals surface area contributed by atoms with Gasteiger partial charge in [0, 0.05) is 23.5 Å². The Morgan fingerprint density at radius 3 is 2.66 bits per heavy atom. The molecule has 1 heterocycles. The minimum Gasteiger partial charge on any atom is -0.504 e. The molecule has 0 saturated carbocycles. The topological polar surface area (TPSA) is 123 Å². The Morgan fingerprint density at radius 1 is 1.28 bits per heavy atom. The maximum Gasteiger partial charge on any atom is 0.306 e. The number of hydrogen-bond donors (Lipinski definition) is 3. The Kier molecular flexibility index (Phi) is 8.50. The number of ether oxygens (including phenoxy) is 3. The first-order valence-electron chi connectivity index (χ1n) is 8.91. The molecule has 0 amide bonds. The van der Waals surface area contributed by atoms with Gasteiger partial charge < -0.3 is 29.5 Å². The molecule has 1 aromatic carbocycles. The lowest BCUT2D eigenvalue weighted by atomic mass is 9.84. The van der Waals surface area contributed by atoms with Crippen LogP contribution in [0.3, 0.4) is 0 Å². The van der Waals surface area contributed by atoms with Crippen LogP contribution in [-0.4, -0.2) is 52.6 Å². The molecule has 0 saturated heterocycles. The van der Waals surface area contributed by atoms with Crippen LogP contribution in [0.1, 0.15) is 18.9 Å². The van der Waals surface area contributed by atoms with Crippen LogP contribution in [-0.2, 0) is 30.2 Å². The third-order valence-corrected chi connectivity index (χ3v) is 4.57. The van der Waals surface area contributed by atoms with Gasteiger partial charge in [0.2, 0.25) is 6.29 Å². The highest BCUT2D eigenvalue weighted by Gasteiger charge is 2.35. The smallest absolute Gasteiger partial charge is 0.306 e. The van der Waals surface area contributed by atoms with Crippen molar-refractivity contribution >= 4 is 23.4 Å². The number of phenolic OH excluding ortho intramolecular Hbond substituents is 2. The zero-order chi connectivity index (χ0) is 21.4. The zero-order valence-corrected chi connectivity index (χ0v) is 16.6. The first-order chi connectivity index (χ1) is 13.9. The summed E-state index contributed by atoms with van der Waals surface area (Å²) in [6, 6.07) is 4.19. The van der Waals surface area contributed by atoms with E-state index in [9.17, 15) is 24.9 Å². The van der Waals surface area contributed by atoms with Crippen LogP contribution < -0.4 is 0 Å². The largest absolute Gasteiger partial charge is 0.504 e. The zero-order valence-electron chi connectivity index (χ0n) is 15.8. The predicted molar refractivity (Wildman–Crippen MR) is 103 cm³/mol. The number of halogens is 1. The summed E-state index contributed by atoms with van der Waals surface area (Å²) in [6.07, 6.45) is 2.20. The molecule has 0 spiro atoms. The number of carbonyl (C=O) groups is 2. The van der Waals surface area contributed by atoms with Crippen molar-refractivity contribution < 1.29 is 39.1 Å². The second-order valence-corrected chi connectivity index (χ2v) is 6.46. The van der Waals surface area contributed by atoms with Crippen molar-refractivity contribution in [3.63, 3.8) is 0 Å². The fourth-order valence-electron chi connectivity index (χ4n) is 2.98. The number of aliphatic hydroxyl groups excluding tert-OH is 1. The molecule has 2 rings (SSSR count). The summed E-state index contributed by atoms with van der Waals surface area (Å²) in [6.45, 7) is 1.04. The lowest BCUT2D eigenvalue weighted by molar-refractivity contribution is -0.144. The van der Waals surface area contributed by atoms with Crippen LogP contribution in [0, 0.1) is 5.92 Å². The molecule has 2 atom stereocenters. The van der Waals surface area contributed by atoms with Crippen molar-refractivity contribution in [3.05, 3.63) is 47.2 Å². The van der Waals surface area contributed by atoms with Gasteiger partial charge in [-0.05, 0) is 24.6 Å². The van der Waals surface area contributed by atoms with Gasteiger partial charge in [-0.2, -0.15) is 0 Å². The summed E-state index contributed by atoms with van der Waals surface area (Å²) in [5.74, 6) is -2.28. The normalized spacial score (nSPS) is 20.1. The van der Waals surface area contributed by atoms with Gasteiger partial charge in [-0.1, -0.05) is 23.7 Å². The van der Waals surface area contributed by atoms with Gasteiger partial charge in [-0.15, -0.1) is 0 Å². The van der Waals surface area contributed by atoms with Crippen LogP contribution in [0.2, 0.25) is 0 Å². The van der Waals surface area contributed by atoms with Crippen molar-refractivity contribution in [2.45, 2.75) is 26.1 Å². The van der Waals surface area contributed by atoms with E-state index in [1.54, 1.807) is 19.1 Å². The number of alkyl halides is 1. The number of hydrogen-bond acceptors (Lipinski definition) is 8. The molecule has 1 aliphatic rings. The molecule has 9 heteroatoms. The molecule has 3 N–H and O–H groups in total. The monoisotopic (exact) mass is 426 g/mol. The van der Waals surface area contributed by atoms with E-state index in [1.165, 1.54) is 18.4 Å². The molecule has 0 fully saturated rings. The van der Waals surface area contributed by atoms with Gasteiger partial charge in [-0.3, -0.25) is 9.59 Å². The fraction of sp³-hybridized carbons (Fsp3) is 0.400. The Hall–Kier alpha value is -2.55. The molecule has 0 aliphatic carbocycles. The highest BCUT2D eigenvalue weighted by Crippen LogP contribution is 2.34. The number of esters is 1. The molecule has 8 nitrogen and oxygen atoms in total. The standard InChI is InChI=1S/C20H23ClO8/c1-2-13-14(15(18(25)9-22)10-28-20(13)29-11-21)8-19(26)27-6-5-12-3-4-16(23)17(24)7-12/h2-4,7,10,14,20,22-24H,5-6,8-9,11H2,1H3/b13-2-/t14-,20-/m0/s1. The molecule has 158 valence electrons. The number of ketones is 1. The number of carbonyl (C=O) groups excluding carboxylic acids is 2. The summed E-state index contributed by atoms with van der Waals surface area (Å²) in [5, 5.41) is 28.0. The van der Waals surface area contributed by atoms with Crippen LogP contribution in [0.25, 0.3) is 0 Å². The van der Waals surface area contributed by atoms with E-state index in [2.05, 4.69) is 0 Å². The number of rotatable bonds is 9. The quantitative estimate of drug-likeness (QED) is 0.237. The van der Waals surface area contributed by atoms with Crippen LogP contribution >= 0.6 is 11.6 Å². The third-order valence-electron chi connectivity index (χ3n) is 4.45. The predicted octanol–water partition coefficient (Wildman–Crippen LogP) is 2.15. The third kappa shape index (κ3) is 5.96. The second kappa shape index (κ2) is 10.8. The molecular formula is C20H23ClO8. The molecule has 0 bridgehead atoms. The lowest BCUT2D eigenvalue weighted by Gasteiger charge is -2.31. The van der Waals surface area contributed by atoms with E-state index < -0.39 is 30.6 Å². The second-order valence-electron chi connectivity index (χ2n) is 6.24. The van der Waals surface area contributed by atoms with Crippen LogP contribution in [0.4, 0.5) is 0 Å². The van der Waals surface area contributed by atoms with Gasteiger partial charge in [-0.25, -0.2) is 0 Å². The summed E-state index contributed by atoms with van der Waals surface area (Å²) in [5.41, 5.74) is 1.36. The average Bonchev–Trinajstić information content (AvgIpc) is 2.70. The molecular weight excluding hydrogens is 404 g/mol. The van der Waals surface area contributed by atoms with Crippen molar-refractivity contribution in [1.29, 1.82) is 0 Å². The van der Waals surface area contributed by atoms with E-state index in [1.807, 2.05) is 0 Å². The van der Waals surface area contributed by atoms with Crippen LogP contribution in [0.5, 0.6) is 11.5 Å².